The van der Waals surface area contributed by atoms with Crippen LogP contribution in [0.4, 0.5) is 11.4 Å². The summed E-state index contributed by atoms with van der Waals surface area (Å²) in [5.74, 6) is -1.17. The van der Waals surface area contributed by atoms with E-state index >= 15 is 0 Å². The third-order valence-corrected chi connectivity index (χ3v) is 3.33. The van der Waals surface area contributed by atoms with Gasteiger partial charge in [-0.05, 0) is 25.1 Å². The first-order valence-electron chi connectivity index (χ1n) is 7.23. The van der Waals surface area contributed by atoms with Crippen molar-refractivity contribution >= 4 is 23.3 Å². The quantitative estimate of drug-likeness (QED) is 0.478. The van der Waals surface area contributed by atoms with Gasteiger partial charge in [0.2, 0.25) is 0 Å². The van der Waals surface area contributed by atoms with Crippen LogP contribution in [-0.2, 0) is 4.74 Å². The van der Waals surface area contributed by atoms with Gasteiger partial charge in [0.15, 0.2) is 0 Å². The number of amides is 1. The summed E-state index contributed by atoms with van der Waals surface area (Å²) in [6.07, 6.45) is 0. The molecular weight excluding hydrogens is 312 g/mol. The molecule has 0 N–H and O–H groups in total. The summed E-state index contributed by atoms with van der Waals surface area (Å²) in [5.41, 5.74) is 0.298. The van der Waals surface area contributed by atoms with Gasteiger partial charge < -0.3 is 9.64 Å². The zero-order chi connectivity index (χ0) is 17.7. The molecule has 0 aliphatic carbocycles. The number of para-hydroxylation sites is 1. The van der Waals surface area contributed by atoms with Gasteiger partial charge in [-0.3, -0.25) is 14.9 Å². The number of hydrogen-bond acceptors (Lipinski definition) is 5. The van der Waals surface area contributed by atoms with Gasteiger partial charge in [0, 0.05) is 30.4 Å². The van der Waals surface area contributed by atoms with E-state index in [2.05, 4.69) is 0 Å². The van der Waals surface area contributed by atoms with Gasteiger partial charge in [0.25, 0.3) is 11.6 Å². The van der Waals surface area contributed by atoms with Crippen molar-refractivity contribution in [2.24, 2.45) is 0 Å². The number of anilines is 1. The second-order valence-corrected chi connectivity index (χ2v) is 4.95. The van der Waals surface area contributed by atoms with Crippen LogP contribution >= 0.6 is 0 Å². The highest BCUT2D eigenvalue weighted by atomic mass is 16.6. The zero-order valence-corrected chi connectivity index (χ0v) is 13.3. The van der Waals surface area contributed by atoms with Crippen LogP contribution < -0.4 is 4.90 Å². The third kappa shape index (κ3) is 3.75. The van der Waals surface area contributed by atoms with Crippen LogP contribution in [0, 0.1) is 10.1 Å². The van der Waals surface area contributed by atoms with Crippen molar-refractivity contribution < 1.29 is 19.2 Å². The summed E-state index contributed by atoms with van der Waals surface area (Å²) in [4.78, 5) is 36.2. The van der Waals surface area contributed by atoms with E-state index in [0.717, 1.165) is 12.1 Å². The van der Waals surface area contributed by atoms with Gasteiger partial charge in [-0.25, -0.2) is 4.79 Å². The fourth-order valence-electron chi connectivity index (χ4n) is 2.13. The molecule has 0 fully saturated rings. The maximum atomic E-state index is 12.6. The van der Waals surface area contributed by atoms with E-state index in [1.165, 1.54) is 11.0 Å². The van der Waals surface area contributed by atoms with Gasteiger partial charge >= 0.3 is 5.97 Å². The Hall–Kier alpha value is -3.22. The number of ether oxygens (including phenoxy) is 1. The molecule has 0 atom stereocenters. The molecule has 0 unspecified atom stereocenters. The first kappa shape index (κ1) is 17.1. The molecule has 0 saturated carbocycles. The van der Waals surface area contributed by atoms with Crippen LogP contribution in [0.5, 0.6) is 0 Å². The van der Waals surface area contributed by atoms with Crippen molar-refractivity contribution in [3.05, 3.63) is 69.8 Å². The molecule has 7 nitrogen and oxygen atoms in total. The lowest BCUT2D eigenvalue weighted by atomic mass is 10.1. The molecule has 1 amide bonds. The number of nitro groups is 1. The zero-order valence-electron chi connectivity index (χ0n) is 13.3. The number of hydrogen-bond donors (Lipinski definition) is 0. The maximum absolute atomic E-state index is 12.6. The Morgan fingerprint density at radius 1 is 1.12 bits per heavy atom. The van der Waals surface area contributed by atoms with E-state index in [1.807, 2.05) is 6.07 Å². The Kier molecular flexibility index (Phi) is 5.26. The number of rotatable bonds is 5. The molecule has 0 heterocycles. The second kappa shape index (κ2) is 7.36. The number of carbonyl (C=O) groups is 2. The first-order valence-corrected chi connectivity index (χ1v) is 7.23. The number of nitrogens with zero attached hydrogens (tertiary/aromatic N) is 2. The van der Waals surface area contributed by atoms with Crippen LogP contribution in [0.25, 0.3) is 0 Å². The minimum Gasteiger partial charge on any atom is -0.462 e. The summed E-state index contributed by atoms with van der Waals surface area (Å²) in [6, 6.07) is 12.4. The lowest BCUT2D eigenvalue weighted by Gasteiger charge is -2.17. The lowest BCUT2D eigenvalue weighted by molar-refractivity contribution is -0.384. The van der Waals surface area contributed by atoms with Gasteiger partial charge in [0.1, 0.15) is 0 Å². The molecule has 7 heteroatoms. The summed E-state index contributed by atoms with van der Waals surface area (Å²) in [7, 11) is 1.56. The molecule has 2 rings (SSSR count). The Labute approximate surface area is 138 Å². The largest absolute Gasteiger partial charge is 0.462 e. The summed E-state index contributed by atoms with van der Waals surface area (Å²) >= 11 is 0. The number of esters is 1. The van der Waals surface area contributed by atoms with Crippen molar-refractivity contribution in [2.75, 3.05) is 18.6 Å². The molecule has 0 saturated heterocycles. The second-order valence-electron chi connectivity index (χ2n) is 4.95. The molecule has 24 heavy (non-hydrogen) atoms. The fourth-order valence-corrected chi connectivity index (χ4v) is 2.13. The molecule has 0 aliphatic heterocycles. The minimum atomic E-state index is -0.711. The normalized spacial score (nSPS) is 10.1. The maximum Gasteiger partial charge on any atom is 0.338 e. The number of carbonyl (C=O) groups excluding carboxylic acids is 2. The molecule has 2 aromatic rings. The molecule has 0 aromatic heterocycles. The Balaban J connectivity index is 2.43. The van der Waals surface area contributed by atoms with Crippen molar-refractivity contribution in [1.29, 1.82) is 0 Å². The van der Waals surface area contributed by atoms with Crippen molar-refractivity contribution in [3.63, 3.8) is 0 Å². The molecule has 0 spiro atoms. The van der Waals surface area contributed by atoms with Gasteiger partial charge in [-0.2, -0.15) is 0 Å². The number of benzene rings is 2. The highest BCUT2D eigenvalue weighted by Crippen LogP contribution is 2.21. The van der Waals surface area contributed by atoms with E-state index in [-0.39, 0.29) is 23.4 Å². The fraction of sp³-hybridized carbons (Fsp3) is 0.176. The van der Waals surface area contributed by atoms with Crippen molar-refractivity contribution in [1.82, 2.24) is 0 Å². The highest BCUT2D eigenvalue weighted by Gasteiger charge is 2.21. The molecule has 0 aliphatic rings. The molecule has 0 radical (unpaired) electrons. The van der Waals surface area contributed by atoms with Gasteiger partial charge in [-0.15, -0.1) is 0 Å². The monoisotopic (exact) mass is 328 g/mol. The highest BCUT2D eigenvalue weighted by molar-refractivity contribution is 6.07. The standard InChI is InChI=1S/C17H16N2O5/c1-3-24-17(21)13-9-12(10-15(11-13)19(22)23)16(20)18(2)14-7-5-4-6-8-14/h4-11H,3H2,1-2H3. The topological polar surface area (TPSA) is 89.8 Å². The van der Waals surface area contributed by atoms with Gasteiger partial charge in [0.05, 0.1) is 17.1 Å². The average molecular weight is 328 g/mol. The van der Waals surface area contributed by atoms with E-state index < -0.39 is 16.8 Å². The predicted molar refractivity (Wildman–Crippen MR) is 88.2 cm³/mol. The van der Waals surface area contributed by atoms with Crippen molar-refractivity contribution in [2.45, 2.75) is 6.92 Å². The SMILES string of the molecule is CCOC(=O)c1cc(C(=O)N(C)c2ccccc2)cc([N+](=O)[O-])c1. The molecular formula is C17H16N2O5. The van der Waals surface area contributed by atoms with E-state index in [0.29, 0.717) is 5.69 Å². The minimum absolute atomic E-state index is 0.0316. The van der Waals surface area contributed by atoms with E-state index in [1.54, 1.807) is 38.2 Å². The number of non-ortho nitro benzene ring substituents is 1. The van der Waals surface area contributed by atoms with Crippen LogP contribution in [0.1, 0.15) is 27.6 Å². The van der Waals surface area contributed by atoms with E-state index in [4.69, 9.17) is 4.74 Å². The molecule has 124 valence electrons. The Morgan fingerprint density at radius 2 is 1.75 bits per heavy atom. The Morgan fingerprint density at radius 3 is 2.33 bits per heavy atom. The van der Waals surface area contributed by atoms with Crippen LogP contribution in [0.3, 0.4) is 0 Å². The third-order valence-electron chi connectivity index (χ3n) is 3.33. The first-order chi connectivity index (χ1) is 11.4. The summed E-state index contributed by atoms with van der Waals surface area (Å²) in [6.45, 7) is 1.76. The average Bonchev–Trinajstić information content (AvgIpc) is 2.61. The lowest BCUT2D eigenvalue weighted by Crippen LogP contribution is -2.26. The summed E-state index contributed by atoms with van der Waals surface area (Å²) in [5, 5.41) is 11.1. The predicted octanol–water partition coefficient (Wildman–Crippen LogP) is 3.05. The van der Waals surface area contributed by atoms with E-state index in [9.17, 15) is 19.7 Å². The van der Waals surface area contributed by atoms with Crippen LogP contribution in [-0.4, -0.2) is 30.5 Å². The molecule has 0 bridgehead atoms. The van der Waals surface area contributed by atoms with Gasteiger partial charge in [-0.1, -0.05) is 18.2 Å². The van der Waals surface area contributed by atoms with Crippen LogP contribution in [0.15, 0.2) is 48.5 Å². The summed E-state index contributed by atoms with van der Waals surface area (Å²) < 4.78 is 4.86. The number of nitro benzene ring substituents is 1. The van der Waals surface area contributed by atoms with Crippen molar-refractivity contribution in [3.8, 4) is 0 Å². The Bertz CT molecular complexity index is 774. The molecule has 2 aromatic carbocycles. The van der Waals surface area contributed by atoms with Crippen LogP contribution in [0.2, 0.25) is 0 Å². The smallest absolute Gasteiger partial charge is 0.338 e.